The van der Waals surface area contributed by atoms with E-state index in [0.29, 0.717) is 43.8 Å². The molecule has 1 saturated heterocycles. The lowest BCUT2D eigenvalue weighted by Crippen LogP contribution is -2.42. The van der Waals surface area contributed by atoms with Gasteiger partial charge in [0.05, 0.1) is 12.2 Å². The van der Waals surface area contributed by atoms with Gasteiger partial charge in [-0.15, -0.1) is 0 Å². The maximum Gasteiger partial charge on any atom is 0.338 e. The van der Waals surface area contributed by atoms with Crippen LogP contribution in [-0.2, 0) is 14.3 Å². The van der Waals surface area contributed by atoms with Gasteiger partial charge in [0.1, 0.15) is 0 Å². The third-order valence-corrected chi connectivity index (χ3v) is 4.75. The highest BCUT2D eigenvalue weighted by Gasteiger charge is 2.35. The molecule has 0 atom stereocenters. The molecule has 25 heavy (non-hydrogen) atoms. The van der Waals surface area contributed by atoms with Crippen molar-refractivity contribution in [2.45, 2.75) is 32.6 Å². The molecule has 0 aromatic heterocycles. The first-order chi connectivity index (χ1) is 12.1. The van der Waals surface area contributed by atoms with Crippen molar-refractivity contribution in [2.75, 3.05) is 25.0 Å². The van der Waals surface area contributed by atoms with E-state index < -0.39 is 5.97 Å². The molecule has 1 saturated carbocycles. The molecule has 0 spiro atoms. The molecule has 2 aliphatic rings. The van der Waals surface area contributed by atoms with E-state index in [1.54, 1.807) is 31.2 Å². The SMILES string of the molecule is CCOC(=O)c1cccc(NC(=O)C2CCN(C(=O)C3CC3)CC2)c1. The van der Waals surface area contributed by atoms with Crippen molar-refractivity contribution in [1.29, 1.82) is 0 Å². The molecule has 1 heterocycles. The second kappa shape index (κ2) is 7.68. The molecule has 1 aromatic rings. The highest BCUT2D eigenvalue weighted by Crippen LogP contribution is 2.32. The van der Waals surface area contributed by atoms with Crippen LogP contribution in [0.15, 0.2) is 24.3 Å². The van der Waals surface area contributed by atoms with Crippen molar-refractivity contribution in [3.8, 4) is 0 Å². The number of rotatable bonds is 5. The molecule has 134 valence electrons. The van der Waals surface area contributed by atoms with E-state index in [2.05, 4.69) is 5.32 Å². The van der Waals surface area contributed by atoms with E-state index in [4.69, 9.17) is 4.74 Å². The molecule has 6 heteroatoms. The molecule has 1 aliphatic heterocycles. The normalized spacial score (nSPS) is 17.9. The fourth-order valence-corrected chi connectivity index (χ4v) is 3.13. The lowest BCUT2D eigenvalue weighted by molar-refractivity contribution is -0.135. The van der Waals surface area contributed by atoms with E-state index in [0.717, 1.165) is 12.8 Å². The number of hydrogen-bond donors (Lipinski definition) is 1. The molecule has 1 aromatic carbocycles. The van der Waals surface area contributed by atoms with Gasteiger partial charge in [-0.05, 0) is 50.8 Å². The number of carbonyl (C=O) groups excluding carboxylic acids is 3. The maximum atomic E-state index is 12.5. The highest BCUT2D eigenvalue weighted by molar-refractivity contribution is 5.95. The third kappa shape index (κ3) is 4.38. The van der Waals surface area contributed by atoms with Crippen LogP contribution in [0.5, 0.6) is 0 Å². The van der Waals surface area contributed by atoms with Crippen LogP contribution in [0.3, 0.4) is 0 Å². The van der Waals surface area contributed by atoms with Gasteiger partial charge in [0.25, 0.3) is 0 Å². The second-order valence-electron chi connectivity index (χ2n) is 6.66. The van der Waals surface area contributed by atoms with Gasteiger partial charge in [-0.1, -0.05) is 6.07 Å². The minimum Gasteiger partial charge on any atom is -0.462 e. The number of benzene rings is 1. The zero-order chi connectivity index (χ0) is 17.8. The van der Waals surface area contributed by atoms with Gasteiger partial charge in [0.15, 0.2) is 0 Å². The van der Waals surface area contributed by atoms with Crippen LogP contribution in [0.1, 0.15) is 43.0 Å². The molecule has 0 unspecified atom stereocenters. The predicted molar refractivity (Wildman–Crippen MR) is 93.1 cm³/mol. The fourth-order valence-electron chi connectivity index (χ4n) is 3.13. The predicted octanol–water partition coefficient (Wildman–Crippen LogP) is 2.45. The Kier molecular flexibility index (Phi) is 5.36. The lowest BCUT2D eigenvalue weighted by Gasteiger charge is -2.31. The second-order valence-corrected chi connectivity index (χ2v) is 6.66. The molecule has 0 radical (unpaired) electrons. The smallest absolute Gasteiger partial charge is 0.338 e. The molecule has 3 rings (SSSR count). The zero-order valence-corrected chi connectivity index (χ0v) is 14.5. The van der Waals surface area contributed by atoms with Crippen LogP contribution in [0.4, 0.5) is 5.69 Å². The minimum atomic E-state index is -0.398. The van der Waals surface area contributed by atoms with Gasteiger partial charge in [0.2, 0.25) is 11.8 Å². The van der Waals surface area contributed by atoms with Gasteiger partial charge in [-0.3, -0.25) is 9.59 Å². The number of nitrogens with one attached hydrogen (secondary N) is 1. The summed E-state index contributed by atoms with van der Waals surface area (Å²) in [6, 6.07) is 6.77. The molecule has 2 amide bonds. The van der Waals surface area contributed by atoms with Gasteiger partial charge in [-0.2, -0.15) is 0 Å². The van der Waals surface area contributed by atoms with E-state index in [1.807, 2.05) is 4.90 Å². The first-order valence-electron chi connectivity index (χ1n) is 8.95. The first kappa shape index (κ1) is 17.5. The lowest BCUT2D eigenvalue weighted by atomic mass is 9.95. The number of amides is 2. The average Bonchev–Trinajstić information content (AvgIpc) is 3.47. The molecule has 1 aliphatic carbocycles. The topological polar surface area (TPSA) is 75.7 Å². The van der Waals surface area contributed by atoms with Crippen LogP contribution in [-0.4, -0.2) is 42.4 Å². The van der Waals surface area contributed by atoms with Crippen molar-refractivity contribution in [1.82, 2.24) is 4.90 Å². The fraction of sp³-hybridized carbons (Fsp3) is 0.526. The quantitative estimate of drug-likeness (QED) is 0.833. The monoisotopic (exact) mass is 344 g/mol. The number of hydrogen-bond acceptors (Lipinski definition) is 4. The van der Waals surface area contributed by atoms with Crippen molar-refractivity contribution in [3.05, 3.63) is 29.8 Å². The summed E-state index contributed by atoms with van der Waals surface area (Å²) in [5, 5.41) is 2.88. The van der Waals surface area contributed by atoms with Gasteiger partial charge < -0.3 is 15.0 Å². The van der Waals surface area contributed by atoms with Crippen molar-refractivity contribution in [2.24, 2.45) is 11.8 Å². The molecule has 6 nitrogen and oxygen atoms in total. The molecule has 1 N–H and O–H groups in total. The minimum absolute atomic E-state index is 0.0560. The number of carbonyl (C=O) groups is 3. The van der Waals surface area contributed by atoms with Gasteiger partial charge in [0, 0.05) is 30.6 Å². The summed E-state index contributed by atoms with van der Waals surface area (Å²) >= 11 is 0. The molecular weight excluding hydrogens is 320 g/mol. The third-order valence-electron chi connectivity index (χ3n) is 4.75. The largest absolute Gasteiger partial charge is 0.462 e. The number of ether oxygens (including phenoxy) is 1. The van der Waals surface area contributed by atoms with Crippen LogP contribution < -0.4 is 5.32 Å². The van der Waals surface area contributed by atoms with Crippen LogP contribution in [0.2, 0.25) is 0 Å². The van der Waals surface area contributed by atoms with Crippen molar-refractivity contribution < 1.29 is 19.1 Å². The Labute approximate surface area is 147 Å². The first-order valence-corrected chi connectivity index (χ1v) is 8.95. The van der Waals surface area contributed by atoms with Crippen LogP contribution in [0.25, 0.3) is 0 Å². The van der Waals surface area contributed by atoms with Gasteiger partial charge in [-0.25, -0.2) is 4.79 Å². The van der Waals surface area contributed by atoms with Crippen molar-refractivity contribution in [3.63, 3.8) is 0 Å². The Morgan fingerprint density at radius 3 is 2.48 bits per heavy atom. The number of piperidine rings is 1. The maximum absolute atomic E-state index is 12.5. The summed E-state index contributed by atoms with van der Waals surface area (Å²) in [6.45, 7) is 3.37. The Morgan fingerprint density at radius 1 is 1.12 bits per heavy atom. The summed E-state index contributed by atoms with van der Waals surface area (Å²) < 4.78 is 4.97. The standard InChI is InChI=1S/C19H24N2O4/c1-2-25-19(24)15-4-3-5-16(12-15)20-17(22)13-8-10-21(11-9-13)18(23)14-6-7-14/h3-5,12-14H,2,6-11H2,1H3,(H,20,22). The summed E-state index contributed by atoms with van der Waals surface area (Å²) in [7, 11) is 0. The summed E-state index contributed by atoms with van der Waals surface area (Å²) in [4.78, 5) is 38.2. The Morgan fingerprint density at radius 2 is 1.84 bits per heavy atom. The zero-order valence-electron chi connectivity index (χ0n) is 14.5. The van der Waals surface area contributed by atoms with E-state index in [-0.39, 0.29) is 23.7 Å². The highest BCUT2D eigenvalue weighted by atomic mass is 16.5. The van der Waals surface area contributed by atoms with Crippen LogP contribution >= 0.6 is 0 Å². The van der Waals surface area contributed by atoms with Gasteiger partial charge >= 0.3 is 5.97 Å². The molecule has 0 bridgehead atoms. The Balaban J connectivity index is 1.53. The van der Waals surface area contributed by atoms with E-state index in [9.17, 15) is 14.4 Å². The summed E-state index contributed by atoms with van der Waals surface area (Å²) in [5.41, 5.74) is 1.01. The van der Waals surface area contributed by atoms with Crippen LogP contribution in [0, 0.1) is 11.8 Å². The number of likely N-dealkylation sites (tertiary alicyclic amines) is 1. The Hall–Kier alpha value is -2.37. The van der Waals surface area contributed by atoms with E-state index in [1.165, 1.54) is 0 Å². The summed E-state index contributed by atoms with van der Waals surface area (Å²) in [6.07, 6.45) is 3.38. The Bertz CT molecular complexity index is 661. The van der Waals surface area contributed by atoms with Crippen molar-refractivity contribution >= 4 is 23.5 Å². The average molecular weight is 344 g/mol. The molecule has 2 fully saturated rings. The number of esters is 1. The number of nitrogens with zero attached hydrogens (tertiary/aromatic N) is 1. The van der Waals surface area contributed by atoms with E-state index >= 15 is 0 Å². The summed E-state index contributed by atoms with van der Waals surface area (Å²) in [5.74, 6) is -0.0727. The molecular formula is C19H24N2O4. The number of anilines is 1.